The van der Waals surface area contributed by atoms with Crippen LogP contribution >= 0.6 is 11.5 Å². The Bertz CT molecular complexity index is 484. The SMILES string of the molecule is CN(CC(F)(F)F)c1snc(N)c1C(=O)NC1CC1. The lowest BCUT2D eigenvalue weighted by atomic mass is 10.2. The third-order valence-electron chi connectivity index (χ3n) is 2.60. The molecule has 3 N–H and O–H groups in total. The predicted molar refractivity (Wildman–Crippen MR) is 66.3 cm³/mol. The molecule has 0 aromatic carbocycles. The number of nitrogen functional groups attached to an aromatic ring is 1. The predicted octanol–water partition coefficient (Wildman–Crippen LogP) is 1.62. The van der Waals surface area contributed by atoms with Gasteiger partial charge in [-0.15, -0.1) is 0 Å². The van der Waals surface area contributed by atoms with Crippen molar-refractivity contribution >= 4 is 28.3 Å². The van der Waals surface area contributed by atoms with E-state index in [9.17, 15) is 18.0 Å². The molecule has 0 aliphatic heterocycles. The monoisotopic (exact) mass is 294 g/mol. The molecule has 1 aliphatic rings. The first-order valence-corrected chi connectivity index (χ1v) is 6.39. The van der Waals surface area contributed by atoms with E-state index in [-0.39, 0.29) is 22.4 Å². The third-order valence-corrected chi connectivity index (χ3v) is 3.58. The summed E-state index contributed by atoms with van der Waals surface area (Å²) in [7, 11) is 1.26. The second-order valence-corrected chi connectivity index (χ2v) is 5.22. The molecule has 1 saturated carbocycles. The summed E-state index contributed by atoms with van der Waals surface area (Å²) in [5, 5.41) is 2.83. The van der Waals surface area contributed by atoms with E-state index < -0.39 is 18.6 Å². The van der Waals surface area contributed by atoms with Crippen LogP contribution in [0.1, 0.15) is 23.2 Å². The summed E-state index contributed by atoms with van der Waals surface area (Å²) in [6.07, 6.45) is -2.58. The molecule has 0 radical (unpaired) electrons. The number of nitrogens with two attached hydrogens (primary N) is 1. The Morgan fingerprint density at radius 2 is 2.21 bits per heavy atom. The van der Waals surface area contributed by atoms with Gasteiger partial charge in [0.1, 0.15) is 17.1 Å². The molecular weight excluding hydrogens is 281 g/mol. The van der Waals surface area contributed by atoms with Crippen LogP contribution in [0.3, 0.4) is 0 Å². The number of carbonyl (C=O) groups excluding carboxylic acids is 1. The molecule has 0 saturated heterocycles. The van der Waals surface area contributed by atoms with Crippen LogP contribution in [-0.2, 0) is 0 Å². The number of aromatic nitrogens is 1. The number of amides is 1. The number of alkyl halides is 3. The van der Waals surface area contributed by atoms with Gasteiger partial charge in [0.15, 0.2) is 5.82 Å². The van der Waals surface area contributed by atoms with Crippen molar-refractivity contribution in [1.29, 1.82) is 0 Å². The summed E-state index contributed by atoms with van der Waals surface area (Å²) < 4.78 is 40.9. The average molecular weight is 294 g/mol. The maximum absolute atomic E-state index is 12.4. The molecule has 0 spiro atoms. The van der Waals surface area contributed by atoms with Crippen LogP contribution in [0.25, 0.3) is 0 Å². The summed E-state index contributed by atoms with van der Waals surface area (Å²) in [5.41, 5.74) is 5.60. The Balaban J connectivity index is 2.18. The van der Waals surface area contributed by atoms with Gasteiger partial charge in [-0.25, -0.2) is 0 Å². The van der Waals surface area contributed by atoms with E-state index >= 15 is 0 Å². The molecule has 2 rings (SSSR count). The molecule has 1 amide bonds. The number of hydrogen-bond donors (Lipinski definition) is 2. The van der Waals surface area contributed by atoms with Gasteiger partial charge in [0.05, 0.1) is 0 Å². The summed E-state index contributed by atoms with van der Waals surface area (Å²) >= 11 is 0.791. The highest BCUT2D eigenvalue weighted by Gasteiger charge is 2.33. The number of carbonyl (C=O) groups is 1. The van der Waals surface area contributed by atoms with Crippen molar-refractivity contribution in [2.75, 3.05) is 24.2 Å². The summed E-state index contributed by atoms with van der Waals surface area (Å²) in [6.45, 7) is -1.15. The standard InChI is InChI=1S/C10H13F3N4OS/c1-17(4-10(11,12)13)9-6(7(14)16-19-9)8(18)15-5-2-3-5/h5H,2-4H2,1H3,(H2,14,16)(H,15,18). The molecule has 5 nitrogen and oxygen atoms in total. The van der Waals surface area contributed by atoms with Crippen molar-refractivity contribution < 1.29 is 18.0 Å². The van der Waals surface area contributed by atoms with Crippen molar-refractivity contribution in [3.63, 3.8) is 0 Å². The van der Waals surface area contributed by atoms with Crippen molar-refractivity contribution in [2.24, 2.45) is 0 Å². The van der Waals surface area contributed by atoms with E-state index in [2.05, 4.69) is 9.69 Å². The average Bonchev–Trinajstić information content (AvgIpc) is 2.96. The summed E-state index contributed by atoms with van der Waals surface area (Å²) in [6, 6.07) is 0.104. The Hall–Kier alpha value is -1.51. The molecule has 19 heavy (non-hydrogen) atoms. The Morgan fingerprint density at radius 1 is 1.58 bits per heavy atom. The highest BCUT2D eigenvalue weighted by molar-refractivity contribution is 7.11. The number of rotatable bonds is 4. The van der Waals surface area contributed by atoms with Gasteiger partial charge in [-0.2, -0.15) is 17.5 Å². The van der Waals surface area contributed by atoms with Crippen LogP contribution in [0.4, 0.5) is 24.0 Å². The fourth-order valence-corrected chi connectivity index (χ4v) is 2.36. The van der Waals surface area contributed by atoms with Gasteiger partial charge in [0, 0.05) is 13.1 Å². The van der Waals surface area contributed by atoms with Crippen LogP contribution in [0.5, 0.6) is 0 Å². The van der Waals surface area contributed by atoms with E-state index in [4.69, 9.17) is 5.73 Å². The van der Waals surface area contributed by atoms with Gasteiger partial charge < -0.3 is 16.0 Å². The van der Waals surface area contributed by atoms with Crippen LogP contribution in [-0.4, -0.2) is 36.1 Å². The van der Waals surface area contributed by atoms with Crippen LogP contribution in [0, 0.1) is 0 Å². The largest absolute Gasteiger partial charge is 0.405 e. The number of anilines is 2. The minimum absolute atomic E-state index is 0.0312. The first kappa shape index (κ1) is 13.9. The van der Waals surface area contributed by atoms with Gasteiger partial charge in [0.25, 0.3) is 5.91 Å². The minimum Gasteiger partial charge on any atom is -0.382 e. The first-order chi connectivity index (χ1) is 8.78. The lowest BCUT2D eigenvalue weighted by Gasteiger charge is -2.19. The topological polar surface area (TPSA) is 71.2 Å². The highest BCUT2D eigenvalue weighted by Crippen LogP contribution is 2.32. The van der Waals surface area contributed by atoms with E-state index in [0.29, 0.717) is 0 Å². The smallest absolute Gasteiger partial charge is 0.382 e. The molecule has 0 bridgehead atoms. The molecule has 1 heterocycles. The summed E-state index contributed by atoms with van der Waals surface area (Å²) in [4.78, 5) is 12.9. The van der Waals surface area contributed by atoms with E-state index in [1.165, 1.54) is 7.05 Å². The van der Waals surface area contributed by atoms with Gasteiger partial charge in [-0.1, -0.05) is 0 Å². The molecule has 1 aliphatic carbocycles. The molecule has 1 aromatic rings. The van der Waals surface area contributed by atoms with Crippen molar-refractivity contribution in [3.05, 3.63) is 5.56 Å². The van der Waals surface area contributed by atoms with Crippen molar-refractivity contribution in [1.82, 2.24) is 9.69 Å². The molecule has 0 atom stereocenters. The fourth-order valence-electron chi connectivity index (χ4n) is 1.59. The van der Waals surface area contributed by atoms with Gasteiger partial charge in [-0.05, 0) is 24.4 Å². The van der Waals surface area contributed by atoms with Gasteiger partial charge >= 0.3 is 6.18 Å². The molecule has 1 aromatic heterocycles. The Morgan fingerprint density at radius 3 is 2.74 bits per heavy atom. The number of nitrogens with zero attached hydrogens (tertiary/aromatic N) is 2. The normalized spacial score (nSPS) is 15.4. The van der Waals surface area contributed by atoms with Crippen LogP contribution in [0.2, 0.25) is 0 Å². The minimum atomic E-state index is -4.35. The fraction of sp³-hybridized carbons (Fsp3) is 0.600. The molecule has 0 unspecified atom stereocenters. The van der Waals surface area contributed by atoms with E-state index in [1.54, 1.807) is 0 Å². The Kier molecular flexibility index (Phi) is 3.57. The maximum atomic E-state index is 12.4. The van der Waals surface area contributed by atoms with E-state index in [0.717, 1.165) is 29.3 Å². The number of nitrogens with one attached hydrogen (secondary N) is 1. The first-order valence-electron chi connectivity index (χ1n) is 5.62. The second kappa shape index (κ2) is 4.87. The van der Waals surface area contributed by atoms with Crippen LogP contribution < -0.4 is 16.0 Å². The maximum Gasteiger partial charge on any atom is 0.405 e. The highest BCUT2D eigenvalue weighted by atomic mass is 32.1. The Labute approximate surface area is 111 Å². The zero-order valence-corrected chi connectivity index (χ0v) is 10.9. The number of halogens is 3. The lowest BCUT2D eigenvalue weighted by Crippen LogP contribution is -2.33. The zero-order chi connectivity index (χ0) is 14.2. The third kappa shape index (κ3) is 3.49. The molecule has 9 heteroatoms. The molecule has 106 valence electrons. The van der Waals surface area contributed by atoms with Crippen LogP contribution in [0.15, 0.2) is 0 Å². The van der Waals surface area contributed by atoms with Crippen molar-refractivity contribution in [3.8, 4) is 0 Å². The van der Waals surface area contributed by atoms with Gasteiger partial charge in [0.2, 0.25) is 0 Å². The molecular formula is C10H13F3N4OS. The zero-order valence-electron chi connectivity index (χ0n) is 10.1. The second-order valence-electron chi connectivity index (χ2n) is 4.47. The van der Waals surface area contributed by atoms with Gasteiger partial charge in [-0.3, -0.25) is 4.79 Å². The lowest BCUT2D eigenvalue weighted by molar-refractivity contribution is -0.119. The quantitative estimate of drug-likeness (QED) is 0.885. The van der Waals surface area contributed by atoms with Crippen molar-refractivity contribution in [2.45, 2.75) is 25.1 Å². The summed E-state index contributed by atoms with van der Waals surface area (Å²) in [5.74, 6) is -0.495. The number of hydrogen-bond acceptors (Lipinski definition) is 5. The van der Waals surface area contributed by atoms with E-state index in [1.807, 2.05) is 0 Å². The molecule has 1 fully saturated rings.